The van der Waals surface area contributed by atoms with E-state index in [0.717, 1.165) is 30.9 Å². The van der Waals surface area contributed by atoms with Crippen LogP contribution < -0.4 is 10.6 Å². The van der Waals surface area contributed by atoms with Crippen LogP contribution >= 0.6 is 24.0 Å². The molecule has 0 amide bonds. The molecule has 1 aliphatic carbocycles. The van der Waals surface area contributed by atoms with Gasteiger partial charge in [-0.05, 0) is 50.3 Å². The summed E-state index contributed by atoms with van der Waals surface area (Å²) in [6, 6.07) is 7.53. The van der Waals surface area contributed by atoms with E-state index >= 15 is 0 Å². The van der Waals surface area contributed by atoms with Crippen LogP contribution in [0.5, 0.6) is 0 Å². The lowest BCUT2D eigenvalue weighted by Gasteiger charge is -2.36. The summed E-state index contributed by atoms with van der Waals surface area (Å²) < 4.78 is 19.2. The molecule has 1 saturated carbocycles. The van der Waals surface area contributed by atoms with Crippen molar-refractivity contribution in [3.63, 3.8) is 0 Å². The Balaban J connectivity index is 0.00000208. The molecule has 1 aromatic rings. The van der Waals surface area contributed by atoms with E-state index in [-0.39, 0.29) is 35.2 Å². The summed E-state index contributed by atoms with van der Waals surface area (Å²) in [6.45, 7) is 4.98. The Morgan fingerprint density at radius 1 is 1.33 bits per heavy atom. The third-order valence-electron chi connectivity index (χ3n) is 4.69. The van der Waals surface area contributed by atoms with Crippen LogP contribution in [0, 0.1) is 5.82 Å². The molecule has 0 spiro atoms. The van der Waals surface area contributed by atoms with Gasteiger partial charge < -0.3 is 15.4 Å². The van der Waals surface area contributed by atoms with Crippen molar-refractivity contribution in [2.24, 2.45) is 4.99 Å². The Kier molecular flexibility index (Phi) is 7.28. The minimum atomic E-state index is -0.180. The quantitative estimate of drug-likeness (QED) is 0.414. The van der Waals surface area contributed by atoms with Gasteiger partial charge in [0, 0.05) is 31.2 Å². The van der Waals surface area contributed by atoms with Crippen LogP contribution in [0.4, 0.5) is 4.39 Å². The molecule has 0 atom stereocenters. The van der Waals surface area contributed by atoms with Gasteiger partial charge in [-0.15, -0.1) is 24.0 Å². The summed E-state index contributed by atoms with van der Waals surface area (Å²) >= 11 is 0. The zero-order chi connectivity index (χ0) is 16.1. The van der Waals surface area contributed by atoms with E-state index in [1.54, 1.807) is 12.1 Å². The first-order valence-corrected chi connectivity index (χ1v) is 8.60. The zero-order valence-corrected chi connectivity index (χ0v) is 16.5. The van der Waals surface area contributed by atoms with E-state index in [9.17, 15) is 4.39 Å². The van der Waals surface area contributed by atoms with E-state index in [4.69, 9.17) is 9.73 Å². The van der Waals surface area contributed by atoms with Gasteiger partial charge >= 0.3 is 0 Å². The first-order valence-electron chi connectivity index (χ1n) is 8.60. The number of nitrogens with one attached hydrogen (secondary N) is 2. The van der Waals surface area contributed by atoms with E-state index in [1.807, 2.05) is 6.07 Å². The maximum Gasteiger partial charge on any atom is 0.191 e. The van der Waals surface area contributed by atoms with Gasteiger partial charge in [0.05, 0.1) is 6.54 Å². The van der Waals surface area contributed by atoms with Crippen molar-refractivity contribution in [3.05, 3.63) is 35.6 Å². The second-order valence-corrected chi connectivity index (χ2v) is 6.52. The molecular formula is C18H27FIN3O. The van der Waals surface area contributed by atoms with Crippen LogP contribution in [-0.2, 0) is 10.2 Å². The first-order chi connectivity index (χ1) is 11.2. The Morgan fingerprint density at radius 3 is 2.71 bits per heavy atom. The molecule has 134 valence electrons. The fourth-order valence-corrected chi connectivity index (χ4v) is 3.09. The minimum Gasteiger partial charge on any atom is -0.381 e. The Hall–Kier alpha value is -0.890. The molecule has 1 saturated heterocycles. The maximum absolute atomic E-state index is 13.7. The van der Waals surface area contributed by atoms with Gasteiger partial charge in [0.2, 0.25) is 0 Å². The average Bonchev–Trinajstić information content (AvgIpc) is 3.38. The molecule has 0 aromatic heterocycles. The highest BCUT2D eigenvalue weighted by Crippen LogP contribution is 2.35. The average molecular weight is 447 g/mol. The number of halogens is 2. The van der Waals surface area contributed by atoms with Crippen molar-refractivity contribution in [1.82, 2.24) is 10.6 Å². The van der Waals surface area contributed by atoms with E-state index in [0.29, 0.717) is 25.8 Å². The van der Waals surface area contributed by atoms with Crippen molar-refractivity contribution in [1.29, 1.82) is 0 Å². The maximum atomic E-state index is 13.7. The summed E-state index contributed by atoms with van der Waals surface area (Å²) in [6.07, 6.45) is 4.19. The molecule has 2 N–H and O–H groups in total. The molecule has 6 heteroatoms. The third-order valence-corrected chi connectivity index (χ3v) is 4.69. The molecule has 24 heavy (non-hydrogen) atoms. The highest BCUT2D eigenvalue weighted by molar-refractivity contribution is 14.0. The van der Waals surface area contributed by atoms with Crippen molar-refractivity contribution < 1.29 is 9.13 Å². The SMILES string of the molecule is CCNC(=NCC1(c2cccc(F)c2)CCOCC1)NC1CC1.I. The zero-order valence-electron chi connectivity index (χ0n) is 14.2. The molecule has 1 heterocycles. The van der Waals surface area contributed by atoms with Crippen molar-refractivity contribution >= 4 is 29.9 Å². The predicted molar refractivity (Wildman–Crippen MR) is 106 cm³/mol. The molecule has 1 aromatic carbocycles. The fourth-order valence-electron chi connectivity index (χ4n) is 3.09. The van der Waals surface area contributed by atoms with Gasteiger partial charge in [-0.3, -0.25) is 4.99 Å². The second kappa shape index (κ2) is 8.99. The summed E-state index contributed by atoms with van der Waals surface area (Å²) in [5.41, 5.74) is 0.901. The highest BCUT2D eigenvalue weighted by atomic mass is 127. The molecule has 0 bridgehead atoms. The minimum absolute atomic E-state index is 0. The van der Waals surface area contributed by atoms with Crippen molar-refractivity contribution in [3.8, 4) is 0 Å². The molecule has 0 radical (unpaired) electrons. The molecule has 2 fully saturated rings. The van der Waals surface area contributed by atoms with Gasteiger partial charge in [0.15, 0.2) is 5.96 Å². The standard InChI is InChI=1S/C18H26FN3O.HI/c1-2-20-17(22-16-6-7-16)21-13-18(8-10-23-11-9-18)14-4-3-5-15(19)12-14;/h3-5,12,16H,2,6-11,13H2,1H3,(H2,20,21,22);1H. The number of hydrogen-bond donors (Lipinski definition) is 2. The third kappa shape index (κ3) is 5.05. The number of benzene rings is 1. The predicted octanol–water partition coefficient (Wildman–Crippen LogP) is 3.21. The molecule has 1 aliphatic heterocycles. The van der Waals surface area contributed by atoms with E-state index < -0.39 is 0 Å². The lowest BCUT2D eigenvalue weighted by molar-refractivity contribution is 0.0530. The van der Waals surface area contributed by atoms with Crippen LogP contribution in [-0.4, -0.2) is 38.3 Å². The van der Waals surface area contributed by atoms with Crippen LogP contribution in [0.15, 0.2) is 29.3 Å². The molecular weight excluding hydrogens is 420 g/mol. The summed E-state index contributed by atoms with van der Waals surface area (Å²) in [7, 11) is 0. The normalized spacial score (nSPS) is 20.2. The topological polar surface area (TPSA) is 45.7 Å². The number of nitrogens with zero attached hydrogens (tertiary/aromatic N) is 1. The number of hydrogen-bond acceptors (Lipinski definition) is 2. The Morgan fingerprint density at radius 2 is 2.08 bits per heavy atom. The van der Waals surface area contributed by atoms with Gasteiger partial charge in [-0.1, -0.05) is 12.1 Å². The Labute approximate surface area is 160 Å². The molecule has 2 aliphatic rings. The lowest BCUT2D eigenvalue weighted by atomic mass is 9.74. The highest BCUT2D eigenvalue weighted by Gasteiger charge is 2.35. The lowest BCUT2D eigenvalue weighted by Crippen LogP contribution is -2.42. The summed E-state index contributed by atoms with van der Waals surface area (Å²) in [4.78, 5) is 4.81. The Bertz CT molecular complexity index is 557. The van der Waals surface area contributed by atoms with Gasteiger partial charge in [-0.25, -0.2) is 4.39 Å². The van der Waals surface area contributed by atoms with Gasteiger partial charge in [0.1, 0.15) is 5.82 Å². The van der Waals surface area contributed by atoms with Gasteiger partial charge in [0.25, 0.3) is 0 Å². The second-order valence-electron chi connectivity index (χ2n) is 6.52. The van der Waals surface area contributed by atoms with Gasteiger partial charge in [-0.2, -0.15) is 0 Å². The number of aliphatic imine (C=N–C) groups is 1. The molecule has 0 unspecified atom stereocenters. The molecule has 3 rings (SSSR count). The summed E-state index contributed by atoms with van der Waals surface area (Å²) in [5, 5.41) is 6.75. The van der Waals surface area contributed by atoms with Crippen LogP contribution in [0.1, 0.15) is 38.2 Å². The van der Waals surface area contributed by atoms with Crippen molar-refractivity contribution in [2.45, 2.75) is 44.1 Å². The largest absolute Gasteiger partial charge is 0.381 e. The fraction of sp³-hybridized carbons (Fsp3) is 0.611. The van der Waals surface area contributed by atoms with Crippen LogP contribution in [0.25, 0.3) is 0 Å². The van der Waals surface area contributed by atoms with E-state index in [1.165, 1.54) is 18.9 Å². The van der Waals surface area contributed by atoms with E-state index in [2.05, 4.69) is 17.6 Å². The monoisotopic (exact) mass is 447 g/mol. The van der Waals surface area contributed by atoms with Crippen LogP contribution in [0.3, 0.4) is 0 Å². The molecule has 4 nitrogen and oxygen atoms in total. The summed E-state index contributed by atoms with van der Waals surface area (Å²) in [5.74, 6) is 0.692. The van der Waals surface area contributed by atoms with Crippen molar-refractivity contribution in [2.75, 3.05) is 26.3 Å². The first kappa shape index (κ1) is 19.4. The number of ether oxygens (including phenoxy) is 1. The smallest absolute Gasteiger partial charge is 0.191 e. The van der Waals surface area contributed by atoms with Crippen LogP contribution in [0.2, 0.25) is 0 Å². The number of rotatable bonds is 5. The number of guanidine groups is 1.